The molecule has 1 aliphatic rings. The molecule has 182 valence electrons. The average molecular weight is 498 g/mol. The molecule has 1 amide bonds. The molecule has 8 heteroatoms. The van der Waals surface area contributed by atoms with Crippen LogP contribution in [0.15, 0.2) is 34.8 Å². The van der Waals surface area contributed by atoms with E-state index >= 15 is 0 Å². The Kier molecular flexibility index (Phi) is 9.16. The van der Waals surface area contributed by atoms with Gasteiger partial charge in [0.1, 0.15) is 5.82 Å². The summed E-state index contributed by atoms with van der Waals surface area (Å²) < 4.78 is 2.23. The number of hydrogen-bond acceptors (Lipinski definition) is 6. The van der Waals surface area contributed by atoms with Gasteiger partial charge in [0, 0.05) is 17.0 Å². The molecule has 1 aliphatic carbocycles. The molecule has 4 rings (SSSR count). The number of nitrogens with zero attached hydrogens (tertiary/aromatic N) is 4. The van der Waals surface area contributed by atoms with Crippen molar-refractivity contribution in [3.05, 3.63) is 41.0 Å². The van der Waals surface area contributed by atoms with Crippen molar-refractivity contribution in [2.45, 2.75) is 89.3 Å². The monoisotopic (exact) mass is 497 g/mol. The van der Waals surface area contributed by atoms with Crippen LogP contribution in [0.1, 0.15) is 82.1 Å². The fourth-order valence-corrected chi connectivity index (χ4v) is 6.14. The van der Waals surface area contributed by atoms with Gasteiger partial charge >= 0.3 is 0 Å². The Morgan fingerprint density at radius 2 is 1.91 bits per heavy atom. The number of unbranched alkanes of at least 4 members (excludes halogenated alkanes) is 3. The molecule has 2 aromatic heterocycles. The van der Waals surface area contributed by atoms with Gasteiger partial charge < -0.3 is 9.88 Å². The molecular weight excluding hydrogens is 462 g/mol. The summed E-state index contributed by atoms with van der Waals surface area (Å²) in [5, 5.41) is 15.0. The van der Waals surface area contributed by atoms with E-state index in [0.717, 1.165) is 28.7 Å². The largest absolute Gasteiger partial charge is 0.303 e. The Morgan fingerprint density at radius 1 is 1.12 bits per heavy atom. The molecule has 0 spiro atoms. The van der Waals surface area contributed by atoms with Crippen molar-refractivity contribution >= 4 is 34.1 Å². The van der Waals surface area contributed by atoms with Crippen LogP contribution in [-0.2, 0) is 11.2 Å². The van der Waals surface area contributed by atoms with Gasteiger partial charge in [-0.1, -0.05) is 81.5 Å². The van der Waals surface area contributed by atoms with Crippen molar-refractivity contribution in [3.8, 4) is 11.3 Å². The molecule has 0 unspecified atom stereocenters. The maximum atomic E-state index is 12.6. The maximum Gasteiger partial charge on any atom is 0.236 e. The van der Waals surface area contributed by atoms with Crippen LogP contribution in [0.25, 0.3) is 11.3 Å². The molecule has 0 bridgehead atoms. The third kappa shape index (κ3) is 6.69. The highest BCUT2D eigenvalue weighted by Crippen LogP contribution is 2.32. The van der Waals surface area contributed by atoms with E-state index in [9.17, 15) is 4.79 Å². The number of aryl methyl sites for hydroxylation is 2. The quantitative estimate of drug-likeness (QED) is 0.227. The first-order valence-electron chi connectivity index (χ1n) is 12.5. The highest BCUT2D eigenvalue weighted by atomic mass is 32.2. The highest BCUT2D eigenvalue weighted by Gasteiger charge is 2.22. The zero-order valence-electron chi connectivity index (χ0n) is 20.3. The van der Waals surface area contributed by atoms with Gasteiger partial charge in [-0.2, -0.15) is 0 Å². The Bertz CT molecular complexity index is 1050. The molecule has 0 saturated heterocycles. The van der Waals surface area contributed by atoms with Crippen LogP contribution in [0.3, 0.4) is 0 Å². The molecule has 1 saturated carbocycles. The molecule has 1 N–H and O–H groups in total. The molecule has 2 heterocycles. The standard InChI is InChI=1S/C26H35N5OS2/c1-3-4-5-7-10-20-13-15-21(16-14-20)23-17-33-25(27-23)28-24(32)18-34-26-30-29-19(2)31(26)22-11-8-6-9-12-22/h13-17,22H,3-12,18H2,1-2H3,(H,27,28,32). The van der Waals surface area contributed by atoms with Crippen molar-refractivity contribution in [2.24, 2.45) is 0 Å². The molecule has 34 heavy (non-hydrogen) atoms. The number of hydrogen-bond donors (Lipinski definition) is 1. The van der Waals surface area contributed by atoms with Crippen LogP contribution in [0, 0.1) is 6.92 Å². The van der Waals surface area contributed by atoms with E-state index in [1.807, 2.05) is 12.3 Å². The van der Waals surface area contributed by atoms with Crippen LogP contribution in [0.2, 0.25) is 0 Å². The van der Waals surface area contributed by atoms with Crippen molar-refractivity contribution < 1.29 is 4.79 Å². The number of thioether (sulfide) groups is 1. The fourth-order valence-electron chi connectivity index (χ4n) is 4.56. The second kappa shape index (κ2) is 12.5. The van der Waals surface area contributed by atoms with Gasteiger partial charge in [-0.3, -0.25) is 4.79 Å². The number of amides is 1. The van der Waals surface area contributed by atoms with Gasteiger partial charge in [-0.05, 0) is 38.2 Å². The molecular formula is C26H35N5OS2. The summed E-state index contributed by atoms with van der Waals surface area (Å²) in [4.78, 5) is 17.2. The van der Waals surface area contributed by atoms with Crippen molar-refractivity contribution in [2.75, 3.05) is 11.1 Å². The van der Waals surface area contributed by atoms with Gasteiger partial charge in [0.05, 0.1) is 11.4 Å². The first kappa shape index (κ1) is 24.9. The Balaban J connectivity index is 1.29. The third-order valence-electron chi connectivity index (χ3n) is 6.43. The average Bonchev–Trinajstić information content (AvgIpc) is 3.48. The third-order valence-corrected chi connectivity index (χ3v) is 8.13. The molecule has 6 nitrogen and oxygen atoms in total. The van der Waals surface area contributed by atoms with E-state index in [0.29, 0.717) is 16.9 Å². The van der Waals surface area contributed by atoms with Gasteiger partial charge in [0.15, 0.2) is 10.3 Å². The summed E-state index contributed by atoms with van der Waals surface area (Å²) in [7, 11) is 0. The molecule has 3 aromatic rings. The SMILES string of the molecule is CCCCCCc1ccc(-c2csc(NC(=O)CSc3nnc(C)n3C3CCCCC3)n2)cc1. The second-order valence-corrected chi connectivity index (χ2v) is 10.9. The van der Waals surface area contributed by atoms with Crippen molar-refractivity contribution in [1.82, 2.24) is 19.7 Å². The summed E-state index contributed by atoms with van der Waals surface area (Å²) in [5.41, 5.74) is 3.36. The number of benzene rings is 1. The van der Waals surface area contributed by atoms with E-state index in [4.69, 9.17) is 0 Å². The van der Waals surface area contributed by atoms with Crippen LogP contribution in [-0.4, -0.2) is 31.4 Å². The van der Waals surface area contributed by atoms with Crippen LogP contribution in [0.5, 0.6) is 0 Å². The number of nitrogens with one attached hydrogen (secondary N) is 1. The fraction of sp³-hybridized carbons (Fsp3) is 0.538. The number of thiazole rings is 1. The van der Waals surface area contributed by atoms with E-state index in [1.165, 1.54) is 86.4 Å². The lowest BCUT2D eigenvalue weighted by atomic mass is 9.95. The maximum absolute atomic E-state index is 12.6. The molecule has 0 radical (unpaired) electrons. The minimum atomic E-state index is -0.0656. The zero-order chi connectivity index (χ0) is 23.8. The van der Waals surface area contributed by atoms with E-state index in [-0.39, 0.29) is 5.91 Å². The summed E-state index contributed by atoms with van der Waals surface area (Å²) in [6.07, 6.45) is 12.4. The smallest absolute Gasteiger partial charge is 0.236 e. The Labute approximate surface area is 211 Å². The Hall–Kier alpha value is -2.19. The number of rotatable bonds is 11. The van der Waals surface area contributed by atoms with Gasteiger partial charge in [0.2, 0.25) is 5.91 Å². The Morgan fingerprint density at radius 3 is 2.68 bits per heavy atom. The first-order chi connectivity index (χ1) is 16.6. The number of carbonyl (C=O) groups excluding carboxylic acids is 1. The summed E-state index contributed by atoms with van der Waals surface area (Å²) >= 11 is 2.92. The minimum absolute atomic E-state index is 0.0656. The minimum Gasteiger partial charge on any atom is -0.303 e. The topological polar surface area (TPSA) is 72.7 Å². The molecule has 0 atom stereocenters. The molecule has 1 fully saturated rings. The lowest BCUT2D eigenvalue weighted by Gasteiger charge is -2.24. The van der Waals surface area contributed by atoms with Gasteiger partial charge in [-0.25, -0.2) is 4.98 Å². The number of carbonyl (C=O) groups is 1. The molecule has 0 aliphatic heterocycles. The summed E-state index contributed by atoms with van der Waals surface area (Å²) in [5.74, 6) is 1.17. The lowest BCUT2D eigenvalue weighted by molar-refractivity contribution is -0.113. The first-order valence-corrected chi connectivity index (χ1v) is 14.4. The van der Waals surface area contributed by atoms with Gasteiger partial charge in [-0.15, -0.1) is 21.5 Å². The predicted molar refractivity (Wildman–Crippen MR) is 142 cm³/mol. The predicted octanol–water partition coefficient (Wildman–Crippen LogP) is 7.07. The van der Waals surface area contributed by atoms with Crippen LogP contribution in [0.4, 0.5) is 5.13 Å². The van der Waals surface area contributed by atoms with E-state index in [2.05, 4.69) is 56.3 Å². The van der Waals surface area contributed by atoms with Crippen molar-refractivity contribution in [3.63, 3.8) is 0 Å². The summed E-state index contributed by atoms with van der Waals surface area (Å²) in [6, 6.07) is 9.11. The van der Waals surface area contributed by atoms with Crippen molar-refractivity contribution in [1.29, 1.82) is 0 Å². The van der Waals surface area contributed by atoms with E-state index < -0.39 is 0 Å². The summed E-state index contributed by atoms with van der Waals surface area (Å²) in [6.45, 7) is 4.24. The van der Waals surface area contributed by atoms with E-state index in [1.54, 1.807) is 0 Å². The number of aromatic nitrogens is 4. The molecule has 1 aromatic carbocycles. The highest BCUT2D eigenvalue weighted by molar-refractivity contribution is 7.99. The second-order valence-electron chi connectivity index (χ2n) is 9.07. The number of anilines is 1. The normalized spacial score (nSPS) is 14.4. The van der Waals surface area contributed by atoms with Crippen LogP contribution >= 0.6 is 23.1 Å². The lowest BCUT2D eigenvalue weighted by Crippen LogP contribution is -2.17. The van der Waals surface area contributed by atoms with Crippen LogP contribution < -0.4 is 5.32 Å². The zero-order valence-corrected chi connectivity index (χ0v) is 21.9. The van der Waals surface area contributed by atoms with Gasteiger partial charge in [0.25, 0.3) is 0 Å².